The molecule has 1 saturated heterocycles. The lowest BCUT2D eigenvalue weighted by atomic mass is 9.88. The molecule has 1 aromatic heterocycles. The quantitative estimate of drug-likeness (QED) is 0.932. The Morgan fingerprint density at radius 2 is 2.15 bits per heavy atom. The van der Waals surface area contributed by atoms with E-state index in [4.69, 9.17) is 0 Å². The van der Waals surface area contributed by atoms with Gasteiger partial charge in [0.05, 0.1) is 4.88 Å². The number of thiophene rings is 1. The van der Waals surface area contributed by atoms with E-state index in [1.807, 2.05) is 13.0 Å². The van der Waals surface area contributed by atoms with Crippen LogP contribution in [-0.4, -0.2) is 34.0 Å². The molecule has 0 aliphatic carbocycles. The van der Waals surface area contributed by atoms with Gasteiger partial charge in [0.1, 0.15) is 5.54 Å². The molecule has 20 heavy (non-hydrogen) atoms. The highest BCUT2D eigenvalue weighted by atomic mass is 32.1. The summed E-state index contributed by atoms with van der Waals surface area (Å²) in [5, 5.41) is 9.48. The normalized spacial score (nSPS) is 22.9. The summed E-state index contributed by atoms with van der Waals surface area (Å²) in [5.41, 5.74) is 0.104. The molecule has 2 heterocycles. The standard InChI is InChI=1S/C15H21NO3S/c1-4-11-9-12(20-10(11)2)13(17)16-8-6-5-7-15(16,3)14(18)19/h9H,4-8H2,1-3H3,(H,18,19). The number of carboxylic acid groups (broad SMARTS) is 1. The van der Waals surface area contributed by atoms with Gasteiger partial charge in [-0.3, -0.25) is 4.79 Å². The Labute approximate surface area is 123 Å². The molecule has 1 aromatic rings. The van der Waals surface area contributed by atoms with Gasteiger partial charge in [0.25, 0.3) is 5.91 Å². The Hall–Kier alpha value is -1.36. The molecule has 4 nitrogen and oxygen atoms in total. The molecule has 1 aliphatic heterocycles. The Balaban J connectivity index is 2.32. The highest BCUT2D eigenvalue weighted by Crippen LogP contribution is 2.32. The lowest BCUT2D eigenvalue weighted by Gasteiger charge is -2.41. The highest BCUT2D eigenvalue weighted by molar-refractivity contribution is 7.14. The molecular weight excluding hydrogens is 274 g/mol. The van der Waals surface area contributed by atoms with Crippen LogP contribution in [0.25, 0.3) is 0 Å². The van der Waals surface area contributed by atoms with Crippen molar-refractivity contribution in [3.63, 3.8) is 0 Å². The number of hydrogen-bond donors (Lipinski definition) is 1. The Morgan fingerprint density at radius 1 is 1.45 bits per heavy atom. The number of piperidine rings is 1. The van der Waals surface area contributed by atoms with Gasteiger partial charge < -0.3 is 10.0 Å². The molecule has 1 N–H and O–H groups in total. The maximum atomic E-state index is 12.7. The van der Waals surface area contributed by atoms with E-state index in [2.05, 4.69) is 6.92 Å². The predicted octanol–water partition coefficient (Wildman–Crippen LogP) is 3.09. The first kappa shape index (κ1) is 15.0. The number of likely N-dealkylation sites (tertiary alicyclic amines) is 1. The van der Waals surface area contributed by atoms with E-state index in [1.54, 1.807) is 11.8 Å². The molecule has 1 aliphatic rings. The number of carbonyl (C=O) groups is 2. The maximum absolute atomic E-state index is 12.7. The molecule has 1 amide bonds. The molecule has 0 radical (unpaired) electrons. The number of nitrogens with zero attached hydrogens (tertiary/aromatic N) is 1. The van der Waals surface area contributed by atoms with Crippen LogP contribution >= 0.6 is 11.3 Å². The Morgan fingerprint density at radius 3 is 2.70 bits per heavy atom. The van der Waals surface area contributed by atoms with Crippen LogP contribution in [0.2, 0.25) is 0 Å². The van der Waals surface area contributed by atoms with Crippen LogP contribution < -0.4 is 0 Å². The van der Waals surface area contributed by atoms with E-state index < -0.39 is 11.5 Å². The number of hydrogen-bond acceptors (Lipinski definition) is 3. The fourth-order valence-corrected chi connectivity index (χ4v) is 3.84. The SMILES string of the molecule is CCc1cc(C(=O)N2CCCCC2(C)C(=O)O)sc1C. The minimum Gasteiger partial charge on any atom is -0.480 e. The number of carboxylic acids is 1. The maximum Gasteiger partial charge on any atom is 0.329 e. The van der Waals surface area contributed by atoms with E-state index >= 15 is 0 Å². The van der Waals surface area contributed by atoms with Crippen LogP contribution in [0.3, 0.4) is 0 Å². The molecule has 1 fully saturated rings. The van der Waals surface area contributed by atoms with Crippen molar-refractivity contribution >= 4 is 23.2 Å². The molecule has 1 unspecified atom stereocenters. The summed E-state index contributed by atoms with van der Waals surface area (Å²) in [5.74, 6) is -1.04. The molecule has 0 spiro atoms. The van der Waals surface area contributed by atoms with Gasteiger partial charge in [-0.15, -0.1) is 11.3 Å². The lowest BCUT2D eigenvalue weighted by Crippen LogP contribution is -2.57. The molecule has 5 heteroatoms. The molecule has 0 aromatic carbocycles. The second kappa shape index (κ2) is 5.56. The summed E-state index contributed by atoms with van der Waals surface area (Å²) in [6, 6.07) is 1.92. The van der Waals surface area contributed by atoms with Crippen LogP contribution in [0.4, 0.5) is 0 Å². The highest BCUT2D eigenvalue weighted by Gasteiger charge is 2.44. The van der Waals surface area contributed by atoms with Crippen LogP contribution in [-0.2, 0) is 11.2 Å². The minimum absolute atomic E-state index is 0.137. The van der Waals surface area contributed by atoms with Gasteiger partial charge >= 0.3 is 5.97 Å². The monoisotopic (exact) mass is 295 g/mol. The van der Waals surface area contributed by atoms with E-state index in [1.165, 1.54) is 16.9 Å². The van der Waals surface area contributed by atoms with Crippen LogP contribution in [0.15, 0.2) is 6.07 Å². The number of carbonyl (C=O) groups excluding carboxylic acids is 1. The van der Waals surface area contributed by atoms with Gasteiger partial charge in [-0.2, -0.15) is 0 Å². The summed E-state index contributed by atoms with van der Waals surface area (Å²) in [6.45, 7) is 6.26. The largest absolute Gasteiger partial charge is 0.480 e. The first-order chi connectivity index (χ1) is 9.40. The predicted molar refractivity (Wildman–Crippen MR) is 79.4 cm³/mol. The van der Waals surface area contributed by atoms with Gasteiger partial charge in [-0.25, -0.2) is 4.79 Å². The van der Waals surface area contributed by atoms with Crippen molar-refractivity contribution in [3.05, 3.63) is 21.4 Å². The fraction of sp³-hybridized carbons (Fsp3) is 0.600. The van der Waals surface area contributed by atoms with E-state index in [0.29, 0.717) is 17.8 Å². The average molecular weight is 295 g/mol. The Kier molecular flexibility index (Phi) is 4.18. The van der Waals surface area contributed by atoms with Crippen molar-refractivity contribution in [2.45, 2.75) is 52.0 Å². The summed E-state index contributed by atoms with van der Waals surface area (Å²) >= 11 is 1.47. The fourth-order valence-electron chi connectivity index (χ4n) is 2.78. The molecule has 0 bridgehead atoms. The number of aryl methyl sites for hydroxylation is 2. The summed E-state index contributed by atoms with van der Waals surface area (Å²) < 4.78 is 0. The zero-order valence-corrected chi connectivity index (χ0v) is 13.0. The summed E-state index contributed by atoms with van der Waals surface area (Å²) in [4.78, 5) is 27.6. The third-order valence-electron chi connectivity index (χ3n) is 4.21. The van der Waals surface area contributed by atoms with E-state index in [0.717, 1.165) is 24.1 Å². The molecular formula is C15H21NO3S. The summed E-state index contributed by atoms with van der Waals surface area (Å²) in [6.07, 6.45) is 3.15. The molecule has 110 valence electrons. The number of aliphatic carboxylic acids is 1. The van der Waals surface area contributed by atoms with Crippen LogP contribution in [0, 0.1) is 6.92 Å². The van der Waals surface area contributed by atoms with Crippen molar-refractivity contribution in [1.82, 2.24) is 4.90 Å². The van der Waals surface area contributed by atoms with Crippen molar-refractivity contribution < 1.29 is 14.7 Å². The zero-order valence-electron chi connectivity index (χ0n) is 12.2. The molecule has 2 rings (SSSR count). The topological polar surface area (TPSA) is 57.6 Å². The third kappa shape index (κ3) is 2.46. The first-order valence-electron chi connectivity index (χ1n) is 7.05. The lowest BCUT2D eigenvalue weighted by molar-refractivity contribution is -0.150. The second-order valence-corrected chi connectivity index (χ2v) is 6.79. The van der Waals surface area contributed by atoms with E-state index in [9.17, 15) is 14.7 Å². The van der Waals surface area contributed by atoms with Crippen molar-refractivity contribution in [2.24, 2.45) is 0 Å². The smallest absolute Gasteiger partial charge is 0.329 e. The van der Waals surface area contributed by atoms with Gasteiger partial charge in [0, 0.05) is 11.4 Å². The second-order valence-electron chi connectivity index (χ2n) is 5.54. The van der Waals surface area contributed by atoms with Gasteiger partial charge in [0.15, 0.2) is 0 Å². The van der Waals surface area contributed by atoms with E-state index in [-0.39, 0.29) is 5.91 Å². The van der Waals surface area contributed by atoms with Crippen molar-refractivity contribution in [1.29, 1.82) is 0 Å². The van der Waals surface area contributed by atoms with Crippen molar-refractivity contribution in [2.75, 3.05) is 6.54 Å². The molecule has 0 saturated carbocycles. The Bertz CT molecular complexity index is 537. The number of amides is 1. The minimum atomic E-state index is -1.07. The average Bonchev–Trinajstić information content (AvgIpc) is 2.79. The van der Waals surface area contributed by atoms with Crippen LogP contribution in [0.1, 0.15) is 53.2 Å². The van der Waals surface area contributed by atoms with Crippen LogP contribution in [0.5, 0.6) is 0 Å². The molecule has 1 atom stereocenters. The van der Waals surface area contributed by atoms with Gasteiger partial charge in [0.2, 0.25) is 0 Å². The first-order valence-corrected chi connectivity index (χ1v) is 7.86. The zero-order chi connectivity index (χ0) is 14.9. The third-order valence-corrected chi connectivity index (χ3v) is 5.29. The van der Waals surface area contributed by atoms with Gasteiger partial charge in [-0.1, -0.05) is 6.92 Å². The van der Waals surface area contributed by atoms with Crippen molar-refractivity contribution in [3.8, 4) is 0 Å². The number of rotatable bonds is 3. The van der Waals surface area contributed by atoms with Gasteiger partial charge in [-0.05, 0) is 51.2 Å². The summed E-state index contributed by atoms with van der Waals surface area (Å²) in [7, 11) is 0.